The molecule has 3 aromatic rings. The normalized spacial score (nSPS) is 17.1. The van der Waals surface area contributed by atoms with Crippen molar-refractivity contribution in [1.82, 2.24) is 29.6 Å². The van der Waals surface area contributed by atoms with Gasteiger partial charge in [-0.1, -0.05) is 0 Å². The summed E-state index contributed by atoms with van der Waals surface area (Å²) in [6.07, 6.45) is 3.51. The van der Waals surface area contributed by atoms with Crippen molar-refractivity contribution in [3.05, 3.63) is 54.2 Å². The number of hydrogen-bond acceptors (Lipinski definition) is 7. The Balaban J connectivity index is 1.58. The van der Waals surface area contributed by atoms with Gasteiger partial charge in [-0.05, 0) is 37.4 Å². The van der Waals surface area contributed by atoms with E-state index in [0.29, 0.717) is 12.5 Å². The minimum Gasteiger partial charge on any atom is -0.481 e. The summed E-state index contributed by atoms with van der Waals surface area (Å²) in [5, 5.41) is 8.90. The molecule has 160 valence electrons. The summed E-state index contributed by atoms with van der Waals surface area (Å²) in [6, 6.07) is 10.2. The van der Waals surface area contributed by atoms with Crippen LogP contribution in [-0.2, 0) is 6.67 Å². The number of fused-ring (bicyclic) bond motifs is 1. The Labute approximate surface area is 180 Å². The highest BCUT2D eigenvalue weighted by atomic mass is 19.1. The number of imidazole rings is 1. The van der Waals surface area contributed by atoms with E-state index in [-0.39, 0.29) is 5.82 Å². The van der Waals surface area contributed by atoms with Crippen molar-refractivity contribution in [2.75, 3.05) is 40.3 Å². The molecule has 5 rings (SSSR count). The van der Waals surface area contributed by atoms with Crippen molar-refractivity contribution in [2.24, 2.45) is 5.10 Å². The molecule has 0 spiro atoms. The first kappa shape index (κ1) is 19.7. The molecule has 4 heterocycles. The number of benzene rings is 1. The van der Waals surface area contributed by atoms with Gasteiger partial charge in [-0.15, -0.1) is 0 Å². The number of hydrazone groups is 1. The lowest BCUT2D eigenvalue weighted by molar-refractivity contribution is -0.0758. The molecule has 2 aromatic heterocycles. The Bertz CT molecular complexity index is 1100. The third-order valence-electron chi connectivity index (χ3n) is 5.71. The van der Waals surface area contributed by atoms with E-state index in [1.165, 1.54) is 12.1 Å². The van der Waals surface area contributed by atoms with Crippen LogP contribution in [0.3, 0.4) is 0 Å². The molecule has 0 unspecified atom stereocenters. The molecule has 0 saturated carbocycles. The number of halogens is 1. The van der Waals surface area contributed by atoms with Gasteiger partial charge in [0.25, 0.3) is 0 Å². The smallest absolute Gasteiger partial charge is 0.213 e. The van der Waals surface area contributed by atoms with Gasteiger partial charge in [0.1, 0.15) is 12.5 Å². The number of hydrazine groups is 1. The molecule has 0 atom stereocenters. The largest absolute Gasteiger partial charge is 0.481 e. The average Bonchev–Trinajstić information content (AvgIpc) is 3.19. The van der Waals surface area contributed by atoms with E-state index < -0.39 is 0 Å². The number of likely N-dealkylation sites (N-methyl/N-ethyl adjacent to an activating group) is 1. The molecule has 0 aliphatic carbocycles. The summed E-state index contributed by atoms with van der Waals surface area (Å²) in [6.45, 7) is 4.38. The molecule has 31 heavy (non-hydrogen) atoms. The van der Waals surface area contributed by atoms with E-state index in [1.54, 1.807) is 31.7 Å². The lowest BCUT2D eigenvalue weighted by Crippen LogP contribution is -2.52. The van der Waals surface area contributed by atoms with E-state index in [2.05, 4.69) is 31.6 Å². The first-order valence-electron chi connectivity index (χ1n) is 10.2. The quantitative estimate of drug-likeness (QED) is 0.645. The van der Waals surface area contributed by atoms with Crippen LogP contribution < -0.4 is 4.74 Å². The molecule has 9 heteroatoms. The van der Waals surface area contributed by atoms with Crippen molar-refractivity contribution in [2.45, 2.75) is 6.67 Å². The van der Waals surface area contributed by atoms with Crippen molar-refractivity contribution in [1.29, 1.82) is 0 Å². The van der Waals surface area contributed by atoms with Crippen LogP contribution in [0.25, 0.3) is 22.5 Å². The average molecular weight is 421 g/mol. The molecule has 0 N–H and O–H groups in total. The number of methoxy groups -OCH3 is 1. The van der Waals surface area contributed by atoms with E-state index in [0.717, 1.165) is 54.5 Å². The number of aromatic nitrogens is 3. The summed E-state index contributed by atoms with van der Waals surface area (Å²) in [5.41, 5.74) is 3.47. The maximum absolute atomic E-state index is 13.5. The zero-order chi connectivity index (χ0) is 21.4. The van der Waals surface area contributed by atoms with Crippen LogP contribution in [0.15, 0.2) is 47.7 Å². The molecule has 2 aliphatic heterocycles. The number of ether oxygens (including phenoxy) is 1. The van der Waals surface area contributed by atoms with E-state index >= 15 is 0 Å². The second kappa shape index (κ2) is 8.09. The van der Waals surface area contributed by atoms with Gasteiger partial charge in [-0.2, -0.15) is 5.10 Å². The van der Waals surface area contributed by atoms with E-state index in [9.17, 15) is 4.39 Å². The Morgan fingerprint density at radius 3 is 2.52 bits per heavy atom. The minimum atomic E-state index is -0.275. The number of piperazine rings is 1. The molecule has 1 aromatic carbocycles. The molecule has 1 fully saturated rings. The second-order valence-electron chi connectivity index (χ2n) is 7.70. The second-order valence-corrected chi connectivity index (χ2v) is 7.70. The minimum absolute atomic E-state index is 0.275. The lowest BCUT2D eigenvalue weighted by atomic mass is 10.1. The summed E-state index contributed by atoms with van der Waals surface area (Å²) in [5.74, 6) is 1.01. The van der Waals surface area contributed by atoms with Crippen LogP contribution in [0.2, 0.25) is 0 Å². The highest BCUT2D eigenvalue weighted by Crippen LogP contribution is 2.35. The highest BCUT2D eigenvalue weighted by Gasteiger charge is 2.27. The van der Waals surface area contributed by atoms with Crippen LogP contribution in [0.5, 0.6) is 5.88 Å². The van der Waals surface area contributed by atoms with Crippen LogP contribution in [-0.4, -0.2) is 76.1 Å². The first-order chi connectivity index (χ1) is 15.1. The summed E-state index contributed by atoms with van der Waals surface area (Å²) in [4.78, 5) is 11.4. The van der Waals surface area contributed by atoms with E-state index in [4.69, 9.17) is 9.72 Å². The van der Waals surface area contributed by atoms with Gasteiger partial charge in [-0.25, -0.2) is 24.5 Å². The summed E-state index contributed by atoms with van der Waals surface area (Å²) < 4.78 is 21.0. The Kier molecular flexibility index (Phi) is 5.13. The third kappa shape index (κ3) is 3.77. The fourth-order valence-corrected chi connectivity index (χ4v) is 3.95. The van der Waals surface area contributed by atoms with Gasteiger partial charge in [0.15, 0.2) is 5.82 Å². The Hall–Kier alpha value is -3.30. The lowest BCUT2D eigenvalue weighted by Gasteiger charge is -2.39. The predicted octanol–water partition coefficient (Wildman–Crippen LogP) is 2.53. The fraction of sp³-hybridized carbons (Fsp3) is 0.318. The molecular weight excluding hydrogens is 397 g/mol. The predicted molar refractivity (Wildman–Crippen MR) is 116 cm³/mol. The Morgan fingerprint density at radius 2 is 1.77 bits per heavy atom. The van der Waals surface area contributed by atoms with E-state index in [1.807, 2.05) is 17.3 Å². The number of hydrogen-bond donors (Lipinski definition) is 0. The zero-order valence-electron chi connectivity index (χ0n) is 17.6. The zero-order valence-corrected chi connectivity index (χ0v) is 17.6. The van der Waals surface area contributed by atoms with Gasteiger partial charge < -0.3 is 14.2 Å². The third-order valence-corrected chi connectivity index (χ3v) is 5.71. The van der Waals surface area contributed by atoms with Crippen LogP contribution >= 0.6 is 0 Å². The van der Waals surface area contributed by atoms with Gasteiger partial charge in [0, 0.05) is 49.6 Å². The molecule has 2 aliphatic rings. The van der Waals surface area contributed by atoms with Crippen molar-refractivity contribution in [3.63, 3.8) is 0 Å². The molecule has 0 bridgehead atoms. The SMILES string of the molecule is COc1cc(-c2c(-c3ccc(F)cc3)nc3n2CN(N2CCN(C)CC2)N=C3)ccn1. The van der Waals surface area contributed by atoms with Gasteiger partial charge in [0.05, 0.1) is 24.7 Å². The van der Waals surface area contributed by atoms with Gasteiger partial charge in [-0.3, -0.25) is 0 Å². The monoisotopic (exact) mass is 421 g/mol. The van der Waals surface area contributed by atoms with Crippen molar-refractivity contribution < 1.29 is 9.13 Å². The first-order valence-corrected chi connectivity index (χ1v) is 10.2. The van der Waals surface area contributed by atoms with Crippen molar-refractivity contribution >= 4 is 6.21 Å². The topological polar surface area (TPSA) is 62.0 Å². The number of rotatable bonds is 4. The number of nitrogens with zero attached hydrogens (tertiary/aromatic N) is 7. The maximum Gasteiger partial charge on any atom is 0.213 e. The molecule has 8 nitrogen and oxygen atoms in total. The van der Waals surface area contributed by atoms with Crippen LogP contribution in [0.1, 0.15) is 5.82 Å². The molecule has 1 saturated heterocycles. The molecule has 0 radical (unpaired) electrons. The maximum atomic E-state index is 13.5. The summed E-state index contributed by atoms with van der Waals surface area (Å²) in [7, 11) is 3.73. The van der Waals surface area contributed by atoms with Crippen LogP contribution in [0.4, 0.5) is 4.39 Å². The Morgan fingerprint density at radius 1 is 1.00 bits per heavy atom. The van der Waals surface area contributed by atoms with Gasteiger partial charge in [0.2, 0.25) is 5.88 Å². The van der Waals surface area contributed by atoms with Crippen molar-refractivity contribution in [3.8, 4) is 28.4 Å². The standard InChI is InChI=1S/C22H24FN7O/c1-27-9-11-28(12-10-27)30-15-29-19(14-25-30)26-21(16-3-5-18(23)6-4-16)22(29)17-7-8-24-20(13-17)31-2/h3-8,13-14H,9-12,15H2,1-2H3. The van der Waals surface area contributed by atoms with Crippen LogP contribution in [0, 0.1) is 5.82 Å². The molecule has 0 amide bonds. The number of pyridine rings is 1. The van der Waals surface area contributed by atoms with Gasteiger partial charge >= 0.3 is 0 Å². The highest BCUT2D eigenvalue weighted by molar-refractivity contribution is 5.85. The summed E-state index contributed by atoms with van der Waals surface area (Å²) >= 11 is 0. The fourth-order valence-electron chi connectivity index (χ4n) is 3.95. The molecular formula is C22H24FN7O.